The van der Waals surface area contributed by atoms with Gasteiger partial charge in [0, 0.05) is 13.0 Å². The molecule has 0 aromatic heterocycles. The van der Waals surface area contributed by atoms with E-state index in [1.165, 1.54) is 12.0 Å². The molecule has 0 radical (unpaired) electrons. The quantitative estimate of drug-likeness (QED) is 0.829. The molecule has 0 bridgehead atoms. The maximum atomic E-state index is 11.8. The van der Waals surface area contributed by atoms with Crippen molar-refractivity contribution in [2.45, 2.75) is 45.6 Å². The molecule has 1 aliphatic rings. The van der Waals surface area contributed by atoms with Crippen LogP contribution in [-0.4, -0.2) is 11.9 Å². The normalized spacial score (nSPS) is 16.6. The topological polar surface area (TPSA) is 29.1 Å². The van der Waals surface area contributed by atoms with Crippen LogP contribution in [0.25, 0.3) is 0 Å². The first kappa shape index (κ1) is 12.2. The van der Waals surface area contributed by atoms with Crippen molar-refractivity contribution in [1.29, 1.82) is 0 Å². The van der Waals surface area contributed by atoms with Crippen molar-refractivity contribution in [2.24, 2.45) is 5.92 Å². The van der Waals surface area contributed by atoms with Crippen molar-refractivity contribution in [3.05, 3.63) is 35.4 Å². The highest BCUT2D eigenvalue weighted by Gasteiger charge is 2.23. The highest BCUT2D eigenvalue weighted by atomic mass is 16.1. The Morgan fingerprint density at radius 1 is 1.41 bits per heavy atom. The molecule has 1 fully saturated rings. The van der Waals surface area contributed by atoms with E-state index >= 15 is 0 Å². The molecule has 2 heteroatoms. The van der Waals surface area contributed by atoms with Crippen LogP contribution in [0.1, 0.15) is 50.5 Å². The number of rotatable bonds is 5. The summed E-state index contributed by atoms with van der Waals surface area (Å²) in [4.78, 5) is 11.8. The van der Waals surface area contributed by atoms with Gasteiger partial charge in [0.1, 0.15) is 0 Å². The zero-order valence-electron chi connectivity index (χ0n) is 10.7. The Balaban J connectivity index is 0.00000162. The lowest BCUT2D eigenvalue weighted by molar-refractivity contribution is 0.0951. The van der Waals surface area contributed by atoms with Gasteiger partial charge in [-0.15, -0.1) is 0 Å². The van der Waals surface area contributed by atoms with Crippen LogP contribution in [-0.2, 0) is 6.42 Å². The fraction of sp³-hybridized carbons (Fsp3) is 0.533. The molecule has 1 aliphatic carbocycles. The molecule has 17 heavy (non-hydrogen) atoms. The third-order valence-electron chi connectivity index (χ3n) is 3.41. The minimum atomic E-state index is 0. The van der Waals surface area contributed by atoms with E-state index in [4.69, 9.17) is 0 Å². The fourth-order valence-corrected chi connectivity index (χ4v) is 1.84. The van der Waals surface area contributed by atoms with Crippen molar-refractivity contribution < 1.29 is 6.22 Å². The minimum absolute atomic E-state index is 0. The van der Waals surface area contributed by atoms with Gasteiger partial charge in [-0.25, -0.2) is 0 Å². The van der Waals surface area contributed by atoms with Crippen molar-refractivity contribution in [3.63, 3.8) is 0 Å². The molecular weight excluding hydrogens is 210 g/mol. The second-order valence-corrected chi connectivity index (χ2v) is 5.16. The first-order valence-electron chi connectivity index (χ1n) is 6.59. The van der Waals surface area contributed by atoms with E-state index in [-0.39, 0.29) is 7.33 Å². The first-order valence-corrected chi connectivity index (χ1v) is 6.59. The smallest absolute Gasteiger partial charge is 0.251 e. The van der Waals surface area contributed by atoms with Crippen LogP contribution < -0.4 is 5.32 Å². The number of hydrogen-bond acceptors (Lipinski definition) is 1. The summed E-state index contributed by atoms with van der Waals surface area (Å²) in [6.07, 6.45) is 4.57. The summed E-state index contributed by atoms with van der Waals surface area (Å²) >= 11 is 0. The van der Waals surface area contributed by atoms with Gasteiger partial charge < -0.3 is 5.32 Å². The van der Waals surface area contributed by atoms with Crippen molar-refractivity contribution >= 4 is 5.91 Å². The van der Waals surface area contributed by atoms with Crippen LogP contribution in [0.2, 0.25) is 0 Å². The average Bonchev–Trinajstić information content (AvgIpc) is 3.13. The zero-order chi connectivity index (χ0) is 12.3. The molecule has 1 saturated carbocycles. The van der Waals surface area contributed by atoms with E-state index < -0.39 is 0 Å². The van der Waals surface area contributed by atoms with E-state index in [2.05, 4.69) is 31.3 Å². The Morgan fingerprint density at radius 3 is 2.59 bits per heavy atom. The number of carbonyl (C=O) groups excluding carboxylic acids is 1. The second-order valence-electron chi connectivity index (χ2n) is 5.16. The summed E-state index contributed by atoms with van der Waals surface area (Å²) in [6, 6.07) is 8.47. The molecule has 2 nitrogen and oxygen atoms in total. The zero-order valence-corrected chi connectivity index (χ0v) is 10.7. The van der Waals surface area contributed by atoms with Gasteiger partial charge in [-0.3, -0.25) is 4.79 Å². The lowest BCUT2D eigenvalue weighted by Crippen LogP contribution is -2.25. The molecule has 2 rings (SSSR count). The third-order valence-corrected chi connectivity index (χ3v) is 3.41. The molecule has 1 aromatic carbocycles. The molecule has 1 amide bonds. The first-order chi connectivity index (χ1) is 8.19. The molecule has 1 aromatic rings. The number of nitrogens with one attached hydrogen (secondary N) is 1. The van der Waals surface area contributed by atoms with Gasteiger partial charge >= 0.3 is 0 Å². The average molecular weight is 233 g/mol. The van der Waals surface area contributed by atoms with E-state index in [1.54, 1.807) is 0 Å². The Morgan fingerprint density at radius 2 is 2.06 bits per heavy atom. The molecule has 1 atom stereocenters. The fourth-order valence-electron chi connectivity index (χ4n) is 1.84. The summed E-state index contributed by atoms with van der Waals surface area (Å²) in [6.45, 7) is 4.47. The van der Waals surface area contributed by atoms with E-state index in [0.717, 1.165) is 24.8 Å². The van der Waals surface area contributed by atoms with Gasteiger partial charge in [0.25, 0.3) is 5.91 Å². The molecule has 1 N–H and O–H groups in total. The van der Waals surface area contributed by atoms with Crippen LogP contribution in [0, 0.1) is 5.92 Å². The predicted molar refractivity (Wildman–Crippen MR) is 72.2 cm³/mol. The van der Waals surface area contributed by atoms with Crippen molar-refractivity contribution in [2.75, 3.05) is 0 Å². The largest absolute Gasteiger partial charge is 0.349 e. The molecule has 94 valence electrons. The Kier molecular flexibility index (Phi) is 3.82. The van der Waals surface area contributed by atoms with Crippen LogP contribution >= 0.6 is 0 Å². The summed E-state index contributed by atoms with van der Waals surface area (Å²) < 4.78 is 0. The van der Waals surface area contributed by atoms with Gasteiger partial charge in [-0.05, 0) is 42.9 Å². The molecule has 0 aliphatic heterocycles. The maximum Gasteiger partial charge on any atom is 0.251 e. The highest BCUT2D eigenvalue weighted by molar-refractivity contribution is 5.94. The van der Waals surface area contributed by atoms with Gasteiger partial charge in [0.05, 0.1) is 0 Å². The Labute approximate surface area is 105 Å². The summed E-state index contributed by atoms with van der Waals surface area (Å²) in [5.74, 6) is 0.781. The summed E-state index contributed by atoms with van der Waals surface area (Å²) in [5, 5.41) is 3.00. The van der Waals surface area contributed by atoms with Crippen LogP contribution in [0.4, 0.5) is 0 Å². The van der Waals surface area contributed by atoms with Crippen molar-refractivity contribution in [1.82, 2.24) is 5.32 Å². The number of hydrogen-bond donors (Lipinski definition) is 1. The van der Waals surface area contributed by atoms with E-state index in [1.807, 2.05) is 12.1 Å². The van der Waals surface area contributed by atoms with Gasteiger partial charge in [-0.1, -0.05) is 32.4 Å². The van der Waals surface area contributed by atoms with Gasteiger partial charge in [0.2, 0.25) is 0 Å². The maximum absolute atomic E-state index is 11.8. The molecule has 0 spiro atoms. The SMILES string of the molecule is CCC(C)Cc1ccc(C(=O)NC2CC2)cc1.[HH]. The molecule has 0 saturated heterocycles. The van der Waals surface area contributed by atoms with Crippen LogP contribution in [0.3, 0.4) is 0 Å². The second kappa shape index (κ2) is 5.35. The Bertz CT molecular complexity index is 384. The third kappa shape index (κ3) is 3.58. The number of amides is 1. The van der Waals surface area contributed by atoms with Gasteiger partial charge in [-0.2, -0.15) is 0 Å². The van der Waals surface area contributed by atoms with Crippen LogP contribution in [0.15, 0.2) is 24.3 Å². The number of benzene rings is 1. The molecular formula is C15H23NO. The van der Waals surface area contributed by atoms with Crippen molar-refractivity contribution in [3.8, 4) is 0 Å². The summed E-state index contributed by atoms with van der Waals surface area (Å²) in [7, 11) is 0. The summed E-state index contributed by atoms with van der Waals surface area (Å²) in [5.41, 5.74) is 2.10. The van der Waals surface area contributed by atoms with Crippen LogP contribution in [0.5, 0.6) is 0 Å². The lowest BCUT2D eigenvalue weighted by Gasteiger charge is -2.09. The molecule has 1 unspecified atom stereocenters. The molecule has 0 heterocycles. The highest BCUT2D eigenvalue weighted by Crippen LogP contribution is 2.19. The van der Waals surface area contributed by atoms with E-state index in [0.29, 0.717) is 12.0 Å². The monoisotopic (exact) mass is 233 g/mol. The standard InChI is InChI=1S/C15H21NO.H2/c1-3-11(2)10-12-4-6-13(7-5-12)15(17)16-14-8-9-14;/h4-7,11,14H,3,8-10H2,1-2H3,(H,16,17);1H. The minimum Gasteiger partial charge on any atom is -0.349 e. The van der Waals surface area contributed by atoms with E-state index in [9.17, 15) is 4.79 Å². The number of carbonyl (C=O) groups is 1. The lowest BCUT2D eigenvalue weighted by atomic mass is 9.98. The van der Waals surface area contributed by atoms with Gasteiger partial charge in [0.15, 0.2) is 0 Å². The Hall–Kier alpha value is -1.31. The predicted octanol–water partition coefficient (Wildman–Crippen LogP) is 3.41.